The third-order valence-corrected chi connectivity index (χ3v) is 2.90. The first-order valence-corrected chi connectivity index (χ1v) is 6.29. The highest BCUT2D eigenvalue weighted by Crippen LogP contribution is 2.15. The van der Waals surface area contributed by atoms with Gasteiger partial charge in [0.25, 0.3) is 0 Å². The van der Waals surface area contributed by atoms with Gasteiger partial charge in [-0.1, -0.05) is 11.8 Å². The van der Waals surface area contributed by atoms with Crippen LogP contribution >= 0.6 is 11.8 Å². The summed E-state index contributed by atoms with van der Waals surface area (Å²) in [5.74, 6) is -1.18. The number of aromatic amines is 1. The molecule has 100 valence electrons. The smallest absolute Gasteiger partial charge is 0.234 e. The molecule has 8 heteroatoms. The number of nitrogens with zero attached hydrogens (tertiary/aromatic N) is 2. The summed E-state index contributed by atoms with van der Waals surface area (Å²) < 4.78 is 25.8. The Morgan fingerprint density at radius 2 is 2.05 bits per heavy atom. The number of aryl methyl sites for hydroxylation is 1. The zero-order valence-corrected chi connectivity index (χ0v) is 10.7. The first kappa shape index (κ1) is 13.5. The van der Waals surface area contributed by atoms with E-state index in [1.807, 2.05) is 0 Å². The van der Waals surface area contributed by atoms with Crippen LogP contribution in [0.2, 0.25) is 0 Å². The molecule has 0 fully saturated rings. The van der Waals surface area contributed by atoms with Gasteiger partial charge in [-0.3, -0.25) is 9.89 Å². The molecule has 1 aromatic heterocycles. The van der Waals surface area contributed by atoms with Crippen LogP contribution in [0, 0.1) is 18.6 Å². The normalized spacial score (nSPS) is 10.5. The Morgan fingerprint density at radius 1 is 1.37 bits per heavy atom. The fraction of sp³-hybridized carbons (Fsp3) is 0.182. The molecule has 0 aliphatic carbocycles. The van der Waals surface area contributed by atoms with E-state index in [1.54, 1.807) is 6.92 Å². The number of benzene rings is 1. The summed E-state index contributed by atoms with van der Waals surface area (Å²) in [6.45, 7) is 1.74. The van der Waals surface area contributed by atoms with Crippen molar-refractivity contribution in [3.8, 4) is 0 Å². The third-order valence-electron chi connectivity index (χ3n) is 2.06. The minimum Gasteiger partial charge on any atom is -0.325 e. The summed E-state index contributed by atoms with van der Waals surface area (Å²) in [5.41, 5.74) is 0.0780. The second kappa shape index (κ2) is 5.79. The van der Waals surface area contributed by atoms with Crippen molar-refractivity contribution in [3.05, 3.63) is 35.7 Å². The van der Waals surface area contributed by atoms with Gasteiger partial charge in [0.15, 0.2) is 0 Å². The maximum atomic E-state index is 12.9. The molecule has 0 atom stereocenters. The molecule has 0 unspecified atom stereocenters. The molecular formula is C11H10F2N4OS. The Balaban J connectivity index is 1.90. The van der Waals surface area contributed by atoms with E-state index in [-0.39, 0.29) is 11.4 Å². The molecule has 0 bridgehead atoms. The van der Waals surface area contributed by atoms with Crippen LogP contribution in [0.4, 0.5) is 14.5 Å². The Morgan fingerprint density at radius 3 is 2.63 bits per heavy atom. The second-order valence-corrected chi connectivity index (χ2v) is 4.64. The van der Waals surface area contributed by atoms with Gasteiger partial charge < -0.3 is 5.32 Å². The van der Waals surface area contributed by atoms with Crippen molar-refractivity contribution in [2.75, 3.05) is 11.1 Å². The molecule has 1 aromatic carbocycles. The van der Waals surface area contributed by atoms with Gasteiger partial charge in [-0.25, -0.2) is 13.8 Å². The van der Waals surface area contributed by atoms with E-state index in [2.05, 4.69) is 20.5 Å². The number of rotatable bonds is 4. The SMILES string of the molecule is Cc1nc(SCC(=O)Nc2cc(F)cc(F)c2)n[nH]1. The van der Waals surface area contributed by atoms with E-state index >= 15 is 0 Å². The zero-order chi connectivity index (χ0) is 13.8. The number of carbonyl (C=O) groups excluding carboxylic acids is 1. The summed E-state index contributed by atoms with van der Waals surface area (Å²) in [4.78, 5) is 15.6. The number of amides is 1. The van der Waals surface area contributed by atoms with E-state index in [0.29, 0.717) is 11.0 Å². The van der Waals surface area contributed by atoms with Crippen LogP contribution in [0.1, 0.15) is 5.82 Å². The fourth-order valence-corrected chi connectivity index (χ4v) is 1.98. The number of carbonyl (C=O) groups is 1. The van der Waals surface area contributed by atoms with E-state index in [1.165, 1.54) is 0 Å². The highest BCUT2D eigenvalue weighted by molar-refractivity contribution is 7.99. The Kier molecular flexibility index (Phi) is 4.10. The average molecular weight is 284 g/mol. The van der Waals surface area contributed by atoms with Gasteiger partial charge in [-0.05, 0) is 19.1 Å². The zero-order valence-electron chi connectivity index (χ0n) is 9.91. The molecule has 2 rings (SSSR count). The van der Waals surface area contributed by atoms with E-state index in [4.69, 9.17) is 0 Å². The maximum absolute atomic E-state index is 12.9. The van der Waals surface area contributed by atoms with Gasteiger partial charge in [-0.15, -0.1) is 5.10 Å². The molecule has 2 N–H and O–H groups in total. The van der Waals surface area contributed by atoms with Gasteiger partial charge in [0.2, 0.25) is 11.1 Å². The Hall–Kier alpha value is -1.96. The fourth-order valence-electron chi connectivity index (χ4n) is 1.34. The maximum Gasteiger partial charge on any atom is 0.234 e. The molecule has 1 amide bonds. The first-order chi connectivity index (χ1) is 9.02. The molecule has 2 aromatic rings. The number of aromatic nitrogens is 3. The van der Waals surface area contributed by atoms with Crippen molar-refractivity contribution in [3.63, 3.8) is 0 Å². The van der Waals surface area contributed by atoms with Crippen molar-refractivity contribution in [1.29, 1.82) is 0 Å². The second-order valence-electron chi connectivity index (χ2n) is 3.70. The number of hydrogen-bond donors (Lipinski definition) is 2. The van der Waals surface area contributed by atoms with E-state index < -0.39 is 17.5 Å². The molecule has 1 heterocycles. The van der Waals surface area contributed by atoms with E-state index in [9.17, 15) is 13.6 Å². The summed E-state index contributed by atoms with van der Waals surface area (Å²) in [6, 6.07) is 2.83. The lowest BCUT2D eigenvalue weighted by atomic mass is 10.3. The van der Waals surface area contributed by atoms with Crippen LogP contribution in [0.25, 0.3) is 0 Å². The molecule has 19 heavy (non-hydrogen) atoms. The number of anilines is 1. The quantitative estimate of drug-likeness (QED) is 0.844. The molecule has 0 saturated carbocycles. The highest BCUT2D eigenvalue weighted by Gasteiger charge is 2.08. The van der Waals surface area contributed by atoms with Crippen LogP contribution in [0.5, 0.6) is 0 Å². The van der Waals surface area contributed by atoms with Crippen molar-refractivity contribution < 1.29 is 13.6 Å². The van der Waals surface area contributed by atoms with Crippen molar-refractivity contribution >= 4 is 23.4 Å². The predicted octanol–water partition coefficient (Wildman–Crippen LogP) is 2.12. The summed E-state index contributed by atoms with van der Waals surface area (Å²) in [7, 11) is 0. The van der Waals surface area contributed by atoms with Gasteiger partial charge in [0, 0.05) is 11.8 Å². The Bertz CT molecular complexity index is 582. The van der Waals surface area contributed by atoms with Crippen molar-refractivity contribution in [1.82, 2.24) is 15.2 Å². The van der Waals surface area contributed by atoms with Crippen molar-refractivity contribution in [2.45, 2.75) is 12.1 Å². The summed E-state index contributed by atoms with van der Waals surface area (Å²) in [6.07, 6.45) is 0. The molecular weight excluding hydrogens is 274 g/mol. The molecule has 5 nitrogen and oxygen atoms in total. The minimum absolute atomic E-state index is 0.0510. The lowest BCUT2D eigenvalue weighted by molar-refractivity contribution is -0.113. The first-order valence-electron chi connectivity index (χ1n) is 5.30. The van der Waals surface area contributed by atoms with Gasteiger partial charge in [-0.2, -0.15) is 0 Å². The summed E-state index contributed by atoms with van der Waals surface area (Å²) in [5, 5.41) is 9.33. The van der Waals surface area contributed by atoms with Gasteiger partial charge >= 0.3 is 0 Å². The van der Waals surface area contributed by atoms with Crippen LogP contribution in [0.15, 0.2) is 23.4 Å². The third kappa shape index (κ3) is 4.02. The number of nitrogens with one attached hydrogen (secondary N) is 2. The molecule has 0 saturated heterocycles. The topological polar surface area (TPSA) is 70.7 Å². The van der Waals surface area contributed by atoms with Gasteiger partial charge in [0.1, 0.15) is 17.5 Å². The number of halogens is 2. The molecule has 0 spiro atoms. The standard InChI is InChI=1S/C11H10F2N4OS/c1-6-14-11(17-16-6)19-5-10(18)15-9-3-7(12)2-8(13)4-9/h2-4H,5H2,1H3,(H,15,18)(H,14,16,17). The van der Waals surface area contributed by atoms with Crippen LogP contribution in [-0.4, -0.2) is 26.8 Å². The number of H-pyrrole nitrogens is 1. The lowest BCUT2D eigenvalue weighted by Gasteiger charge is -2.04. The lowest BCUT2D eigenvalue weighted by Crippen LogP contribution is -2.14. The predicted molar refractivity (Wildman–Crippen MR) is 66.8 cm³/mol. The van der Waals surface area contributed by atoms with Crippen LogP contribution < -0.4 is 5.32 Å². The van der Waals surface area contributed by atoms with Crippen LogP contribution in [-0.2, 0) is 4.79 Å². The van der Waals surface area contributed by atoms with Crippen LogP contribution in [0.3, 0.4) is 0 Å². The highest BCUT2D eigenvalue weighted by atomic mass is 32.2. The van der Waals surface area contributed by atoms with Gasteiger partial charge in [0.05, 0.1) is 5.75 Å². The largest absolute Gasteiger partial charge is 0.325 e. The van der Waals surface area contributed by atoms with Crippen molar-refractivity contribution in [2.24, 2.45) is 0 Å². The average Bonchev–Trinajstić information content (AvgIpc) is 2.71. The monoisotopic (exact) mass is 284 g/mol. The molecule has 0 aliphatic heterocycles. The molecule has 0 aliphatic rings. The summed E-state index contributed by atoms with van der Waals surface area (Å²) >= 11 is 1.12. The minimum atomic E-state index is -0.743. The molecule has 0 radical (unpaired) electrons. The van der Waals surface area contributed by atoms with E-state index in [0.717, 1.165) is 30.0 Å². The Labute approximate surface area is 111 Å². The number of hydrogen-bond acceptors (Lipinski definition) is 4. The number of thioether (sulfide) groups is 1.